The van der Waals surface area contributed by atoms with E-state index in [-0.39, 0.29) is 5.91 Å². The third kappa shape index (κ3) is 4.44. The molecule has 2 rings (SSSR count). The molecule has 0 saturated heterocycles. The molecule has 0 atom stereocenters. The van der Waals surface area contributed by atoms with Crippen molar-refractivity contribution in [2.24, 2.45) is 0 Å². The zero-order chi connectivity index (χ0) is 12.8. The van der Waals surface area contributed by atoms with Crippen molar-refractivity contribution in [1.29, 1.82) is 0 Å². The number of amides is 1. The largest absolute Gasteiger partial charge is 0.353 e. The second-order valence-electron chi connectivity index (χ2n) is 4.19. The second-order valence-corrected chi connectivity index (χ2v) is 7.06. The van der Waals surface area contributed by atoms with Crippen LogP contribution in [0.3, 0.4) is 0 Å². The van der Waals surface area contributed by atoms with Crippen molar-refractivity contribution in [3.05, 3.63) is 0 Å². The van der Waals surface area contributed by atoms with Gasteiger partial charge in [-0.2, -0.15) is 4.37 Å². The fourth-order valence-electron chi connectivity index (χ4n) is 1.94. The highest BCUT2D eigenvalue weighted by Gasteiger charge is 2.16. The lowest BCUT2D eigenvalue weighted by atomic mass is 10.2. The molecule has 4 nitrogen and oxygen atoms in total. The van der Waals surface area contributed by atoms with Crippen LogP contribution < -0.4 is 5.32 Å². The summed E-state index contributed by atoms with van der Waals surface area (Å²) in [6.45, 7) is 0. The van der Waals surface area contributed by atoms with Gasteiger partial charge >= 0.3 is 0 Å². The van der Waals surface area contributed by atoms with Crippen molar-refractivity contribution in [3.63, 3.8) is 0 Å². The van der Waals surface area contributed by atoms with Gasteiger partial charge in [0.05, 0.1) is 0 Å². The molecule has 0 aromatic carbocycles. The van der Waals surface area contributed by atoms with Crippen LogP contribution in [0.25, 0.3) is 0 Å². The standard InChI is InChI=1S/C11H17N3OS3/c1-16-10-13-11(18-14-10)17-7-6-9(15)12-8-4-2-3-5-8/h8H,2-7H2,1H3,(H,12,15). The summed E-state index contributed by atoms with van der Waals surface area (Å²) in [6.07, 6.45) is 7.32. The van der Waals surface area contributed by atoms with E-state index in [2.05, 4.69) is 14.7 Å². The van der Waals surface area contributed by atoms with Crippen molar-refractivity contribution in [1.82, 2.24) is 14.7 Å². The number of thioether (sulfide) groups is 2. The van der Waals surface area contributed by atoms with E-state index in [9.17, 15) is 4.79 Å². The van der Waals surface area contributed by atoms with Gasteiger partial charge in [-0.3, -0.25) is 4.79 Å². The Bertz CT molecular complexity index is 391. The van der Waals surface area contributed by atoms with Gasteiger partial charge in [0, 0.05) is 18.2 Å². The van der Waals surface area contributed by atoms with Crippen LogP contribution in [0.15, 0.2) is 9.50 Å². The number of carbonyl (C=O) groups is 1. The summed E-state index contributed by atoms with van der Waals surface area (Å²) in [7, 11) is 0. The Morgan fingerprint density at radius 2 is 2.28 bits per heavy atom. The maximum atomic E-state index is 11.7. The van der Waals surface area contributed by atoms with Gasteiger partial charge in [0.25, 0.3) is 0 Å². The number of nitrogens with zero attached hydrogens (tertiary/aromatic N) is 2. The summed E-state index contributed by atoms with van der Waals surface area (Å²) in [6, 6.07) is 0.423. The summed E-state index contributed by atoms with van der Waals surface area (Å²) in [5.41, 5.74) is 0. The topological polar surface area (TPSA) is 54.9 Å². The lowest BCUT2D eigenvalue weighted by molar-refractivity contribution is -0.121. The van der Waals surface area contributed by atoms with Gasteiger partial charge in [-0.1, -0.05) is 36.4 Å². The lowest BCUT2D eigenvalue weighted by Crippen LogP contribution is -2.32. The van der Waals surface area contributed by atoms with Crippen LogP contribution in [-0.4, -0.2) is 33.3 Å². The second kappa shape index (κ2) is 7.35. The Hall–Kier alpha value is -0.270. The van der Waals surface area contributed by atoms with Crippen LogP contribution in [0.5, 0.6) is 0 Å². The first kappa shape index (κ1) is 14.1. The molecular weight excluding hydrogens is 286 g/mol. The smallest absolute Gasteiger partial charge is 0.221 e. The molecule has 1 N–H and O–H groups in total. The third-order valence-electron chi connectivity index (χ3n) is 2.85. The molecule has 100 valence electrons. The van der Waals surface area contributed by atoms with Gasteiger partial charge in [0.1, 0.15) is 0 Å². The van der Waals surface area contributed by atoms with Crippen LogP contribution in [0, 0.1) is 0 Å². The fraction of sp³-hybridized carbons (Fsp3) is 0.727. The number of hydrogen-bond acceptors (Lipinski definition) is 6. The van der Waals surface area contributed by atoms with Crippen LogP contribution in [0.4, 0.5) is 0 Å². The summed E-state index contributed by atoms with van der Waals surface area (Å²) in [5.74, 6) is 0.950. The molecule has 1 aromatic rings. The molecule has 1 heterocycles. The van der Waals surface area contributed by atoms with E-state index in [1.807, 2.05) is 6.26 Å². The fourth-order valence-corrected chi connectivity index (χ4v) is 4.16. The summed E-state index contributed by atoms with van der Waals surface area (Å²) < 4.78 is 5.14. The lowest BCUT2D eigenvalue weighted by Gasteiger charge is -2.11. The first-order chi connectivity index (χ1) is 8.78. The molecule has 0 aliphatic heterocycles. The van der Waals surface area contributed by atoms with E-state index in [4.69, 9.17) is 0 Å². The highest BCUT2D eigenvalue weighted by Crippen LogP contribution is 2.24. The van der Waals surface area contributed by atoms with Gasteiger partial charge in [0.2, 0.25) is 11.1 Å². The summed E-state index contributed by atoms with van der Waals surface area (Å²) in [5, 5.41) is 3.91. The number of hydrogen-bond donors (Lipinski definition) is 1. The van der Waals surface area contributed by atoms with Crippen molar-refractivity contribution < 1.29 is 4.79 Å². The Balaban J connectivity index is 1.63. The van der Waals surface area contributed by atoms with Crippen LogP contribution in [-0.2, 0) is 4.79 Å². The molecule has 1 saturated carbocycles. The minimum Gasteiger partial charge on any atom is -0.353 e. The SMILES string of the molecule is CSc1nsc(SCCC(=O)NC2CCCC2)n1. The maximum Gasteiger partial charge on any atom is 0.221 e. The number of nitrogens with one attached hydrogen (secondary N) is 1. The van der Waals surface area contributed by atoms with Crippen LogP contribution in [0.2, 0.25) is 0 Å². The molecule has 1 amide bonds. The van der Waals surface area contributed by atoms with Crippen molar-refractivity contribution in [2.45, 2.75) is 47.6 Å². The Morgan fingerprint density at radius 1 is 1.50 bits per heavy atom. The Morgan fingerprint density at radius 3 is 2.94 bits per heavy atom. The van der Waals surface area contributed by atoms with Gasteiger partial charge in [-0.25, -0.2) is 4.98 Å². The molecule has 1 aromatic heterocycles. The summed E-state index contributed by atoms with van der Waals surface area (Å²) in [4.78, 5) is 16.0. The molecule has 0 radical (unpaired) electrons. The minimum absolute atomic E-state index is 0.170. The summed E-state index contributed by atoms with van der Waals surface area (Å²) >= 11 is 4.57. The molecule has 18 heavy (non-hydrogen) atoms. The molecule has 1 aliphatic rings. The molecule has 1 fully saturated rings. The third-order valence-corrected chi connectivity index (χ3v) is 5.34. The van der Waals surface area contributed by atoms with Crippen LogP contribution in [0.1, 0.15) is 32.1 Å². The van der Waals surface area contributed by atoms with Crippen molar-refractivity contribution >= 4 is 41.0 Å². The zero-order valence-corrected chi connectivity index (χ0v) is 12.8. The monoisotopic (exact) mass is 303 g/mol. The minimum atomic E-state index is 0.170. The predicted molar refractivity (Wildman–Crippen MR) is 77.4 cm³/mol. The highest BCUT2D eigenvalue weighted by molar-refractivity contribution is 8.01. The molecule has 0 unspecified atom stereocenters. The normalized spacial score (nSPS) is 16.1. The van der Waals surface area contributed by atoms with Crippen molar-refractivity contribution in [2.75, 3.05) is 12.0 Å². The zero-order valence-electron chi connectivity index (χ0n) is 10.3. The first-order valence-corrected chi connectivity index (χ1v) is 9.06. The Labute approximate surface area is 120 Å². The molecule has 0 spiro atoms. The van der Waals surface area contributed by atoms with Crippen molar-refractivity contribution in [3.8, 4) is 0 Å². The van der Waals surface area contributed by atoms with Gasteiger partial charge < -0.3 is 5.32 Å². The Kier molecular flexibility index (Phi) is 5.78. The first-order valence-electron chi connectivity index (χ1n) is 6.08. The number of aromatic nitrogens is 2. The quantitative estimate of drug-likeness (QED) is 0.819. The molecular formula is C11H17N3OS3. The van der Waals surface area contributed by atoms with E-state index in [0.717, 1.165) is 28.1 Å². The van der Waals surface area contributed by atoms with Gasteiger partial charge in [-0.05, 0) is 30.6 Å². The van der Waals surface area contributed by atoms with E-state index < -0.39 is 0 Å². The molecule has 7 heteroatoms. The van der Waals surface area contributed by atoms with E-state index in [0.29, 0.717) is 12.5 Å². The van der Waals surface area contributed by atoms with Crippen LogP contribution >= 0.6 is 35.1 Å². The number of carbonyl (C=O) groups excluding carboxylic acids is 1. The van der Waals surface area contributed by atoms with Gasteiger partial charge in [-0.15, -0.1) is 0 Å². The average Bonchev–Trinajstić information content (AvgIpc) is 3.00. The molecule has 1 aliphatic carbocycles. The maximum absolute atomic E-state index is 11.7. The van der Waals surface area contributed by atoms with E-state index in [1.54, 1.807) is 23.5 Å². The van der Waals surface area contributed by atoms with Gasteiger partial charge in [0.15, 0.2) is 4.34 Å². The predicted octanol–water partition coefficient (Wildman–Crippen LogP) is 2.80. The van der Waals surface area contributed by atoms with E-state index >= 15 is 0 Å². The highest BCUT2D eigenvalue weighted by atomic mass is 32.2. The number of rotatable bonds is 6. The average molecular weight is 303 g/mol. The van der Waals surface area contributed by atoms with E-state index in [1.165, 1.54) is 24.4 Å². The molecule has 0 bridgehead atoms.